The fourth-order valence-corrected chi connectivity index (χ4v) is 2.69. The first-order valence-corrected chi connectivity index (χ1v) is 7.32. The van der Waals surface area contributed by atoms with Crippen LogP contribution in [0.3, 0.4) is 0 Å². The molecule has 0 N–H and O–H groups in total. The molecule has 0 unspecified atom stereocenters. The number of halogens is 1. The van der Waals surface area contributed by atoms with Crippen LogP contribution in [-0.4, -0.2) is 12.2 Å². The Morgan fingerprint density at radius 2 is 1.44 bits per heavy atom. The van der Waals surface area contributed by atoms with E-state index in [1.54, 1.807) is 0 Å². The van der Waals surface area contributed by atoms with Gasteiger partial charge in [-0.05, 0) is 57.1 Å². The summed E-state index contributed by atoms with van der Waals surface area (Å²) in [5.41, 5.74) is 0. The Morgan fingerprint density at radius 1 is 0.833 bits per heavy atom. The van der Waals surface area contributed by atoms with Gasteiger partial charge in [0, 0.05) is 11.1 Å². The van der Waals surface area contributed by atoms with Gasteiger partial charge in [0.15, 0.2) is 11.5 Å². The molecule has 0 aliphatic heterocycles. The molecule has 1 aromatic rings. The first-order valence-electron chi connectivity index (χ1n) is 6.94. The summed E-state index contributed by atoms with van der Waals surface area (Å²) in [5.74, 6) is 1.68. The third-order valence-corrected chi connectivity index (χ3v) is 4.08. The van der Waals surface area contributed by atoms with E-state index >= 15 is 0 Å². The van der Waals surface area contributed by atoms with Crippen LogP contribution in [0.1, 0.15) is 44.9 Å². The van der Waals surface area contributed by atoms with Crippen molar-refractivity contribution in [2.24, 2.45) is 0 Å². The highest BCUT2D eigenvalue weighted by atomic mass is 35.5. The smallest absolute Gasteiger partial charge is 0.163 e. The fourth-order valence-electron chi connectivity index (χ4n) is 2.53. The predicted octanol–water partition coefficient (Wildman–Crippen LogP) is 4.59. The van der Waals surface area contributed by atoms with Crippen molar-refractivity contribution in [1.29, 1.82) is 0 Å². The molecule has 2 aliphatic carbocycles. The molecule has 0 saturated heterocycles. The van der Waals surface area contributed by atoms with Crippen LogP contribution in [0.15, 0.2) is 18.2 Å². The van der Waals surface area contributed by atoms with E-state index in [9.17, 15) is 0 Å². The zero-order valence-electron chi connectivity index (χ0n) is 10.5. The summed E-state index contributed by atoms with van der Waals surface area (Å²) in [6.45, 7) is 0. The van der Waals surface area contributed by atoms with Crippen LogP contribution in [0.2, 0.25) is 5.02 Å². The summed E-state index contributed by atoms with van der Waals surface area (Å²) in [7, 11) is 0. The van der Waals surface area contributed by atoms with Crippen LogP contribution in [0.5, 0.6) is 11.5 Å². The van der Waals surface area contributed by atoms with Crippen LogP contribution in [-0.2, 0) is 0 Å². The second-order valence-electron chi connectivity index (χ2n) is 5.29. The van der Waals surface area contributed by atoms with E-state index in [0.29, 0.717) is 17.2 Å². The molecule has 0 amide bonds. The minimum absolute atomic E-state index is 0.356. The molecule has 0 atom stereocenters. The molecule has 1 aromatic carbocycles. The molecule has 18 heavy (non-hydrogen) atoms. The molecule has 0 radical (unpaired) electrons. The SMILES string of the molecule is Clc1ccc(OC2CCCC2)c(OC2CCC2)c1. The lowest BCUT2D eigenvalue weighted by atomic mass is 9.96. The van der Waals surface area contributed by atoms with Gasteiger partial charge in [-0.1, -0.05) is 11.6 Å². The van der Waals surface area contributed by atoms with Gasteiger partial charge in [0.1, 0.15) is 0 Å². The van der Waals surface area contributed by atoms with E-state index in [0.717, 1.165) is 37.2 Å². The zero-order valence-corrected chi connectivity index (χ0v) is 11.3. The fraction of sp³-hybridized carbons (Fsp3) is 0.600. The van der Waals surface area contributed by atoms with Gasteiger partial charge < -0.3 is 9.47 Å². The van der Waals surface area contributed by atoms with E-state index in [-0.39, 0.29) is 0 Å². The lowest BCUT2D eigenvalue weighted by molar-refractivity contribution is 0.109. The van der Waals surface area contributed by atoms with Gasteiger partial charge >= 0.3 is 0 Å². The molecule has 98 valence electrons. The Balaban J connectivity index is 1.73. The van der Waals surface area contributed by atoms with Crippen molar-refractivity contribution < 1.29 is 9.47 Å². The van der Waals surface area contributed by atoms with E-state index < -0.39 is 0 Å². The maximum absolute atomic E-state index is 6.05. The number of ether oxygens (including phenoxy) is 2. The standard InChI is InChI=1S/C15H19ClO2/c16-11-8-9-14(17-12-4-1-2-5-12)15(10-11)18-13-6-3-7-13/h8-10,12-13H,1-7H2. The van der Waals surface area contributed by atoms with Crippen LogP contribution < -0.4 is 9.47 Å². The second kappa shape index (κ2) is 5.40. The molecular weight excluding hydrogens is 248 g/mol. The summed E-state index contributed by atoms with van der Waals surface area (Å²) < 4.78 is 12.0. The number of hydrogen-bond donors (Lipinski definition) is 0. The lowest BCUT2D eigenvalue weighted by Gasteiger charge is -2.28. The Kier molecular flexibility index (Phi) is 3.64. The van der Waals surface area contributed by atoms with Crippen molar-refractivity contribution in [3.63, 3.8) is 0 Å². The molecule has 2 saturated carbocycles. The van der Waals surface area contributed by atoms with Crippen LogP contribution >= 0.6 is 11.6 Å². The van der Waals surface area contributed by atoms with Crippen molar-refractivity contribution in [1.82, 2.24) is 0 Å². The third kappa shape index (κ3) is 2.74. The quantitative estimate of drug-likeness (QED) is 0.793. The molecule has 0 heterocycles. The highest BCUT2D eigenvalue weighted by molar-refractivity contribution is 6.30. The van der Waals surface area contributed by atoms with Gasteiger partial charge in [0.25, 0.3) is 0 Å². The van der Waals surface area contributed by atoms with Crippen LogP contribution in [0.25, 0.3) is 0 Å². The highest BCUT2D eigenvalue weighted by Crippen LogP contribution is 2.36. The molecular formula is C15H19ClO2. The van der Waals surface area contributed by atoms with E-state index in [2.05, 4.69) is 0 Å². The van der Waals surface area contributed by atoms with Crippen molar-refractivity contribution in [3.05, 3.63) is 23.2 Å². The number of rotatable bonds is 4. The van der Waals surface area contributed by atoms with Gasteiger partial charge in [-0.15, -0.1) is 0 Å². The Morgan fingerprint density at radius 3 is 2.06 bits per heavy atom. The highest BCUT2D eigenvalue weighted by Gasteiger charge is 2.23. The Labute approximate surface area is 113 Å². The van der Waals surface area contributed by atoms with Crippen molar-refractivity contribution in [2.45, 2.75) is 57.2 Å². The van der Waals surface area contributed by atoms with Gasteiger partial charge in [-0.25, -0.2) is 0 Å². The molecule has 0 spiro atoms. The summed E-state index contributed by atoms with van der Waals surface area (Å²) in [5, 5.41) is 0.711. The molecule has 3 heteroatoms. The van der Waals surface area contributed by atoms with Crippen molar-refractivity contribution in [2.75, 3.05) is 0 Å². The summed E-state index contributed by atoms with van der Waals surface area (Å²) in [4.78, 5) is 0. The zero-order chi connectivity index (χ0) is 12.4. The summed E-state index contributed by atoms with van der Waals surface area (Å²) >= 11 is 6.04. The van der Waals surface area contributed by atoms with Crippen molar-refractivity contribution >= 4 is 11.6 Å². The largest absolute Gasteiger partial charge is 0.487 e. The maximum Gasteiger partial charge on any atom is 0.163 e. The molecule has 2 nitrogen and oxygen atoms in total. The Hall–Kier alpha value is -0.890. The average molecular weight is 267 g/mol. The summed E-state index contributed by atoms with van der Waals surface area (Å²) in [6.07, 6.45) is 9.14. The normalized spacial score (nSPS) is 20.7. The van der Waals surface area contributed by atoms with Gasteiger partial charge in [0.05, 0.1) is 12.2 Å². The number of benzene rings is 1. The van der Waals surface area contributed by atoms with Crippen LogP contribution in [0.4, 0.5) is 0 Å². The summed E-state index contributed by atoms with van der Waals surface area (Å²) in [6, 6.07) is 5.69. The van der Waals surface area contributed by atoms with Crippen LogP contribution in [0, 0.1) is 0 Å². The van der Waals surface area contributed by atoms with E-state index in [1.165, 1.54) is 19.3 Å². The molecule has 2 fully saturated rings. The van der Waals surface area contributed by atoms with Gasteiger partial charge in [-0.3, -0.25) is 0 Å². The van der Waals surface area contributed by atoms with Crippen molar-refractivity contribution in [3.8, 4) is 11.5 Å². The molecule has 0 aromatic heterocycles. The molecule has 3 rings (SSSR count). The predicted molar refractivity (Wildman–Crippen MR) is 72.6 cm³/mol. The monoisotopic (exact) mass is 266 g/mol. The molecule has 2 aliphatic rings. The van der Waals surface area contributed by atoms with Gasteiger partial charge in [0.2, 0.25) is 0 Å². The minimum Gasteiger partial charge on any atom is -0.487 e. The Bertz CT molecular complexity index is 409. The minimum atomic E-state index is 0.356. The lowest BCUT2D eigenvalue weighted by Crippen LogP contribution is -2.25. The second-order valence-corrected chi connectivity index (χ2v) is 5.72. The van der Waals surface area contributed by atoms with E-state index in [4.69, 9.17) is 21.1 Å². The average Bonchev–Trinajstić information content (AvgIpc) is 2.80. The van der Waals surface area contributed by atoms with E-state index in [1.807, 2.05) is 18.2 Å². The first-order chi connectivity index (χ1) is 8.81. The number of hydrogen-bond acceptors (Lipinski definition) is 2. The van der Waals surface area contributed by atoms with Gasteiger partial charge in [-0.2, -0.15) is 0 Å². The topological polar surface area (TPSA) is 18.5 Å². The molecule has 0 bridgehead atoms. The third-order valence-electron chi connectivity index (χ3n) is 3.85. The first kappa shape index (κ1) is 12.2. The maximum atomic E-state index is 6.05.